The van der Waals surface area contributed by atoms with Crippen LogP contribution in [0.4, 0.5) is 0 Å². The summed E-state index contributed by atoms with van der Waals surface area (Å²) in [6.45, 7) is 1.26. The van der Waals surface area contributed by atoms with Gasteiger partial charge in [0.2, 0.25) is 0 Å². The van der Waals surface area contributed by atoms with Gasteiger partial charge in [-0.1, -0.05) is 18.2 Å². The van der Waals surface area contributed by atoms with Gasteiger partial charge in [-0.05, 0) is 30.9 Å². The molecule has 1 fully saturated rings. The molecule has 1 aromatic carbocycles. The second-order valence-electron chi connectivity index (χ2n) is 5.00. The van der Waals surface area contributed by atoms with Gasteiger partial charge in [0.15, 0.2) is 0 Å². The van der Waals surface area contributed by atoms with E-state index in [2.05, 4.69) is 15.5 Å². The van der Waals surface area contributed by atoms with Gasteiger partial charge >= 0.3 is 0 Å². The van der Waals surface area contributed by atoms with Crippen molar-refractivity contribution in [2.75, 3.05) is 6.54 Å². The minimum atomic E-state index is -0.218. The number of aromatic nitrogens is 3. The first-order chi connectivity index (χ1) is 9.33. The molecule has 5 heteroatoms. The van der Waals surface area contributed by atoms with Crippen molar-refractivity contribution in [2.45, 2.75) is 25.5 Å². The molecule has 0 saturated heterocycles. The lowest BCUT2D eigenvalue weighted by molar-refractivity contribution is 0.148. The van der Waals surface area contributed by atoms with Crippen LogP contribution in [0.25, 0.3) is 5.69 Å². The highest BCUT2D eigenvalue weighted by molar-refractivity contribution is 5.28. The Balaban J connectivity index is 1.53. The summed E-state index contributed by atoms with van der Waals surface area (Å²) in [6.07, 6.45) is 3.85. The Bertz CT molecular complexity index is 521. The number of hydrogen-bond acceptors (Lipinski definition) is 4. The van der Waals surface area contributed by atoms with Gasteiger partial charge in [-0.25, -0.2) is 0 Å². The van der Waals surface area contributed by atoms with E-state index in [9.17, 15) is 5.11 Å². The number of nitrogens with one attached hydrogen (secondary N) is 1. The van der Waals surface area contributed by atoms with Gasteiger partial charge in [0, 0.05) is 13.1 Å². The molecule has 0 radical (unpaired) electrons. The van der Waals surface area contributed by atoms with E-state index >= 15 is 0 Å². The van der Waals surface area contributed by atoms with Crippen LogP contribution in [0.2, 0.25) is 0 Å². The topological polar surface area (TPSA) is 63.0 Å². The summed E-state index contributed by atoms with van der Waals surface area (Å²) in [6, 6.07) is 9.82. The van der Waals surface area contributed by atoms with Crippen molar-refractivity contribution in [3.8, 4) is 5.69 Å². The maximum absolute atomic E-state index is 9.75. The summed E-state index contributed by atoms with van der Waals surface area (Å²) < 4.78 is 0. The molecule has 100 valence electrons. The molecule has 1 atom stereocenters. The predicted octanol–water partition coefficient (Wildman–Crippen LogP) is 1.13. The molecule has 3 rings (SSSR count). The van der Waals surface area contributed by atoms with E-state index in [1.54, 1.807) is 11.0 Å². The molecule has 0 amide bonds. The van der Waals surface area contributed by atoms with E-state index in [4.69, 9.17) is 0 Å². The lowest BCUT2D eigenvalue weighted by Crippen LogP contribution is -2.28. The minimum Gasteiger partial charge on any atom is -0.392 e. The van der Waals surface area contributed by atoms with Gasteiger partial charge in [-0.3, -0.25) is 0 Å². The summed E-state index contributed by atoms with van der Waals surface area (Å²) >= 11 is 0. The van der Waals surface area contributed by atoms with Crippen molar-refractivity contribution >= 4 is 0 Å². The fraction of sp³-hybridized carbons (Fsp3) is 0.429. The van der Waals surface area contributed by atoms with Crippen molar-refractivity contribution in [1.82, 2.24) is 20.3 Å². The highest BCUT2D eigenvalue weighted by atomic mass is 16.3. The highest BCUT2D eigenvalue weighted by Crippen LogP contribution is 2.32. The van der Waals surface area contributed by atoms with E-state index < -0.39 is 0 Å². The Labute approximate surface area is 112 Å². The number of aliphatic hydroxyl groups is 1. The average molecular weight is 258 g/mol. The molecule has 1 unspecified atom stereocenters. The Morgan fingerprint density at radius 3 is 2.84 bits per heavy atom. The number of aliphatic hydroxyl groups excluding tert-OH is 1. The van der Waals surface area contributed by atoms with Crippen LogP contribution in [-0.2, 0) is 6.54 Å². The van der Waals surface area contributed by atoms with Gasteiger partial charge in [-0.15, -0.1) is 0 Å². The lowest BCUT2D eigenvalue weighted by Gasteiger charge is -2.08. The molecule has 1 heterocycles. The third kappa shape index (κ3) is 3.19. The molecule has 1 aliphatic rings. The van der Waals surface area contributed by atoms with Crippen LogP contribution >= 0.6 is 0 Å². The van der Waals surface area contributed by atoms with Crippen molar-refractivity contribution in [1.29, 1.82) is 0 Å². The fourth-order valence-electron chi connectivity index (χ4n) is 2.06. The van der Waals surface area contributed by atoms with Crippen LogP contribution in [0.1, 0.15) is 18.5 Å². The van der Waals surface area contributed by atoms with Crippen molar-refractivity contribution in [3.05, 3.63) is 42.2 Å². The van der Waals surface area contributed by atoms with Crippen LogP contribution < -0.4 is 5.32 Å². The molecule has 5 nitrogen and oxygen atoms in total. The second-order valence-corrected chi connectivity index (χ2v) is 5.00. The summed E-state index contributed by atoms with van der Waals surface area (Å²) in [5, 5.41) is 21.6. The first-order valence-corrected chi connectivity index (χ1v) is 6.68. The Morgan fingerprint density at radius 2 is 2.11 bits per heavy atom. The molecule has 0 spiro atoms. The van der Waals surface area contributed by atoms with Crippen molar-refractivity contribution in [3.63, 3.8) is 0 Å². The molecular formula is C14H18N4O. The van der Waals surface area contributed by atoms with E-state index in [0.717, 1.165) is 24.2 Å². The minimum absolute atomic E-state index is 0.218. The molecule has 1 aliphatic carbocycles. The summed E-state index contributed by atoms with van der Waals surface area (Å²) in [5.41, 5.74) is 1.83. The first kappa shape index (κ1) is 12.3. The summed E-state index contributed by atoms with van der Waals surface area (Å²) in [7, 11) is 0. The molecule has 19 heavy (non-hydrogen) atoms. The Hall–Kier alpha value is -1.72. The zero-order chi connectivity index (χ0) is 13.1. The largest absolute Gasteiger partial charge is 0.392 e. The standard InChI is InChI=1S/C14H18N4O/c19-14(11-6-7-11)10-15-8-12-9-16-18(17-12)13-4-2-1-3-5-13/h1-5,9,11,14-15,19H,6-8,10H2. The number of rotatable bonds is 6. The SMILES string of the molecule is OC(CNCc1cnn(-c2ccccc2)n1)C1CC1. The zero-order valence-corrected chi connectivity index (χ0v) is 10.7. The quantitative estimate of drug-likeness (QED) is 0.815. The van der Waals surface area contributed by atoms with E-state index in [1.165, 1.54) is 0 Å². The van der Waals surface area contributed by atoms with E-state index in [1.807, 2.05) is 30.3 Å². The summed E-state index contributed by atoms with van der Waals surface area (Å²) in [4.78, 5) is 1.62. The highest BCUT2D eigenvalue weighted by Gasteiger charge is 2.29. The zero-order valence-electron chi connectivity index (χ0n) is 10.7. The first-order valence-electron chi connectivity index (χ1n) is 6.68. The van der Waals surface area contributed by atoms with Gasteiger partial charge in [-0.2, -0.15) is 15.0 Å². The number of nitrogens with zero attached hydrogens (tertiary/aromatic N) is 3. The molecule has 0 bridgehead atoms. The van der Waals surface area contributed by atoms with Gasteiger partial charge < -0.3 is 10.4 Å². The second kappa shape index (κ2) is 5.50. The van der Waals surface area contributed by atoms with Crippen LogP contribution in [0, 0.1) is 5.92 Å². The van der Waals surface area contributed by atoms with Gasteiger partial charge in [0.1, 0.15) is 0 Å². The molecule has 2 aromatic rings. The fourth-order valence-corrected chi connectivity index (χ4v) is 2.06. The molecule has 0 aliphatic heterocycles. The van der Waals surface area contributed by atoms with Crippen LogP contribution in [0.3, 0.4) is 0 Å². The normalized spacial score (nSPS) is 16.5. The van der Waals surface area contributed by atoms with Crippen molar-refractivity contribution < 1.29 is 5.11 Å². The number of benzene rings is 1. The molecule has 1 saturated carbocycles. The monoisotopic (exact) mass is 258 g/mol. The van der Waals surface area contributed by atoms with Crippen LogP contribution in [0.5, 0.6) is 0 Å². The van der Waals surface area contributed by atoms with E-state index in [-0.39, 0.29) is 6.10 Å². The maximum Gasteiger partial charge on any atom is 0.0969 e. The lowest BCUT2D eigenvalue weighted by atomic mass is 10.2. The number of hydrogen-bond donors (Lipinski definition) is 2. The predicted molar refractivity (Wildman–Crippen MR) is 71.8 cm³/mol. The Morgan fingerprint density at radius 1 is 1.32 bits per heavy atom. The number of para-hydroxylation sites is 1. The Kier molecular flexibility index (Phi) is 3.57. The molecule has 2 N–H and O–H groups in total. The average Bonchev–Trinajstić information content (AvgIpc) is 3.20. The van der Waals surface area contributed by atoms with Crippen LogP contribution in [0.15, 0.2) is 36.5 Å². The maximum atomic E-state index is 9.75. The third-order valence-electron chi connectivity index (χ3n) is 3.35. The summed E-state index contributed by atoms with van der Waals surface area (Å²) in [5.74, 6) is 0.507. The van der Waals surface area contributed by atoms with E-state index in [0.29, 0.717) is 19.0 Å². The third-order valence-corrected chi connectivity index (χ3v) is 3.35. The van der Waals surface area contributed by atoms with Gasteiger partial charge in [0.05, 0.1) is 23.7 Å². The van der Waals surface area contributed by atoms with Crippen LogP contribution in [-0.4, -0.2) is 32.7 Å². The molecule has 1 aromatic heterocycles. The smallest absolute Gasteiger partial charge is 0.0969 e. The molecular weight excluding hydrogens is 240 g/mol. The van der Waals surface area contributed by atoms with Crippen molar-refractivity contribution in [2.24, 2.45) is 5.92 Å². The van der Waals surface area contributed by atoms with Gasteiger partial charge in [0.25, 0.3) is 0 Å².